The van der Waals surface area contributed by atoms with Crippen LogP contribution in [0.5, 0.6) is 0 Å². The fourth-order valence-electron chi connectivity index (χ4n) is 3.26. The number of piperazine rings is 1. The molecule has 2 fully saturated rings. The first-order valence-electron chi connectivity index (χ1n) is 7.95. The number of fused-ring (bicyclic) bond motifs is 2. The van der Waals surface area contributed by atoms with E-state index in [9.17, 15) is 23.1 Å². The summed E-state index contributed by atoms with van der Waals surface area (Å²) in [7, 11) is 0. The number of hydrogen-bond donors (Lipinski definition) is 1. The Morgan fingerprint density at radius 2 is 1.96 bits per heavy atom. The monoisotopic (exact) mass is 359 g/mol. The fourth-order valence-corrected chi connectivity index (χ4v) is 3.26. The first-order chi connectivity index (χ1) is 11.5. The van der Waals surface area contributed by atoms with E-state index in [1.165, 1.54) is 4.90 Å². The lowest BCUT2D eigenvalue weighted by Gasteiger charge is -2.35. The van der Waals surface area contributed by atoms with Crippen LogP contribution in [0.25, 0.3) is 0 Å². The van der Waals surface area contributed by atoms with E-state index in [0.29, 0.717) is 0 Å². The van der Waals surface area contributed by atoms with E-state index >= 15 is 0 Å². The molecule has 1 unspecified atom stereocenters. The number of amides is 1. The second-order valence-corrected chi connectivity index (χ2v) is 7.31. The topological polar surface area (TPSA) is 65.9 Å². The maximum Gasteiger partial charge on any atom is 0.416 e. The molecule has 2 bridgehead atoms. The molecule has 2 aliphatic rings. The molecule has 2 aliphatic heterocycles. The molecule has 0 aliphatic carbocycles. The molecule has 1 aromatic rings. The van der Waals surface area contributed by atoms with Crippen LogP contribution in [0.4, 0.5) is 23.8 Å². The number of alkyl halides is 3. The van der Waals surface area contributed by atoms with Gasteiger partial charge in [0.25, 0.3) is 0 Å². The summed E-state index contributed by atoms with van der Waals surface area (Å²) in [5.74, 6) is 0.144. The van der Waals surface area contributed by atoms with Gasteiger partial charge in [-0.15, -0.1) is 0 Å². The zero-order valence-corrected chi connectivity index (χ0v) is 14.1. The lowest BCUT2D eigenvalue weighted by atomic mass is 10.2. The normalized spacial score (nSPS) is 26.3. The maximum absolute atomic E-state index is 12.9. The zero-order valence-electron chi connectivity index (χ0n) is 14.1. The number of ether oxygens (including phenoxy) is 1. The van der Waals surface area contributed by atoms with Gasteiger partial charge in [0, 0.05) is 19.3 Å². The summed E-state index contributed by atoms with van der Waals surface area (Å²) in [5, 5.41) is 10.4. The zero-order chi connectivity index (χ0) is 18.6. The average molecular weight is 359 g/mol. The summed E-state index contributed by atoms with van der Waals surface area (Å²) < 4.78 is 44.0. The van der Waals surface area contributed by atoms with Crippen molar-refractivity contribution in [3.63, 3.8) is 0 Å². The molecule has 1 aromatic heterocycles. The number of pyridine rings is 1. The summed E-state index contributed by atoms with van der Waals surface area (Å²) in [5.41, 5.74) is -1.45. The number of carbonyl (C=O) groups excluding carboxylic acids is 1. The van der Waals surface area contributed by atoms with Crippen LogP contribution in [0.1, 0.15) is 26.3 Å². The average Bonchev–Trinajstić information content (AvgIpc) is 2.97. The summed E-state index contributed by atoms with van der Waals surface area (Å²) in [6.07, 6.45) is -4.75. The maximum atomic E-state index is 12.9. The highest BCUT2D eigenvalue weighted by atomic mass is 19.4. The molecule has 138 valence electrons. The van der Waals surface area contributed by atoms with Gasteiger partial charge in [0.05, 0.1) is 23.8 Å². The molecule has 6 nitrogen and oxygen atoms in total. The van der Waals surface area contributed by atoms with Gasteiger partial charge < -0.3 is 14.7 Å². The molecule has 0 radical (unpaired) electrons. The minimum absolute atomic E-state index is 0.144. The highest BCUT2D eigenvalue weighted by Gasteiger charge is 2.54. The first-order valence-corrected chi connectivity index (χ1v) is 7.95. The molecule has 0 aromatic carbocycles. The second-order valence-electron chi connectivity index (χ2n) is 7.31. The summed E-state index contributed by atoms with van der Waals surface area (Å²) >= 11 is 0. The second kappa shape index (κ2) is 5.76. The van der Waals surface area contributed by atoms with E-state index in [2.05, 4.69) is 4.98 Å². The number of aromatic nitrogens is 1. The number of aliphatic hydroxyl groups is 1. The number of halogens is 3. The van der Waals surface area contributed by atoms with Gasteiger partial charge in [-0.2, -0.15) is 13.2 Å². The van der Waals surface area contributed by atoms with E-state index in [-0.39, 0.29) is 18.9 Å². The van der Waals surface area contributed by atoms with Gasteiger partial charge in [-0.1, -0.05) is 0 Å². The minimum atomic E-state index is -4.46. The van der Waals surface area contributed by atoms with Crippen LogP contribution >= 0.6 is 0 Å². The van der Waals surface area contributed by atoms with Crippen molar-refractivity contribution in [2.24, 2.45) is 0 Å². The summed E-state index contributed by atoms with van der Waals surface area (Å²) in [6, 6.07) is 0.830. The van der Waals surface area contributed by atoms with Crippen LogP contribution in [0.2, 0.25) is 0 Å². The van der Waals surface area contributed by atoms with Crippen LogP contribution in [-0.2, 0) is 10.9 Å². The Bertz CT molecular complexity index is 675. The Balaban J connectivity index is 1.77. The molecule has 1 amide bonds. The van der Waals surface area contributed by atoms with Crippen LogP contribution in [0, 0.1) is 0 Å². The molecule has 3 atom stereocenters. The van der Waals surface area contributed by atoms with Gasteiger partial charge in [-0.25, -0.2) is 9.78 Å². The molecular formula is C16H20F3N3O3. The predicted octanol–water partition coefficient (Wildman–Crippen LogP) is 2.27. The molecule has 3 rings (SSSR count). The van der Waals surface area contributed by atoms with Gasteiger partial charge in [0.2, 0.25) is 0 Å². The number of hydrogen-bond acceptors (Lipinski definition) is 5. The first kappa shape index (κ1) is 17.8. The Hall–Kier alpha value is -2.03. The Morgan fingerprint density at radius 1 is 1.28 bits per heavy atom. The summed E-state index contributed by atoms with van der Waals surface area (Å²) in [6.45, 7) is 5.62. The Morgan fingerprint density at radius 3 is 2.48 bits per heavy atom. The van der Waals surface area contributed by atoms with E-state index in [4.69, 9.17) is 4.74 Å². The quantitative estimate of drug-likeness (QED) is 0.833. The van der Waals surface area contributed by atoms with Crippen molar-refractivity contribution in [2.45, 2.75) is 50.7 Å². The molecule has 1 N–H and O–H groups in total. The van der Waals surface area contributed by atoms with Crippen LogP contribution in [0.3, 0.4) is 0 Å². The lowest BCUT2D eigenvalue weighted by molar-refractivity contribution is -0.137. The van der Waals surface area contributed by atoms with E-state index in [1.807, 2.05) is 0 Å². The highest BCUT2D eigenvalue weighted by molar-refractivity contribution is 5.70. The van der Waals surface area contributed by atoms with Crippen molar-refractivity contribution in [2.75, 3.05) is 18.0 Å². The van der Waals surface area contributed by atoms with Gasteiger partial charge in [0.1, 0.15) is 11.4 Å². The molecule has 2 saturated heterocycles. The number of aliphatic hydroxyl groups excluding tert-OH is 1. The number of nitrogens with zero attached hydrogens (tertiary/aromatic N) is 3. The predicted molar refractivity (Wildman–Crippen MR) is 83.1 cm³/mol. The molecule has 0 spiro atoms. The highest BCUT2D eigenvalue weighted by Crippen LogP contribution is 2.37. The van der Waals surface area contributed by atoms with Gasteiger partial charge >= 0.3 is 12.3 Å². The number of rotatable bonds is 1. The molecule has 25 heavy (non-hydrogen) atoms. The standard InChI is InChI=1S/C16H20F3N3O3/c1-15(2,3)25-14(24)22-8-10-13(23)11(22)7-21(10)12-6-9(4-5-20-12)16(17,18)19/h4-6,10-11,13,23H,7-8H2,1-3H3/t10-,11-,13?/m1/s1. The van der Waals surface area contributed by atoms with Crippen molar-refractivity contribution in [1.82, 2.24) is 9.88 Å². The van der Waals surface area contributed by atoms with Gasteiger partial charge in [-0.05, 0) is 32.9 Å². The molecular weight excluding hydrogens is 339 g/mol. The van der Waals surface area contributed by atoms with Crippen molar-refractivity contribution in [3.05, 3.63) is 23.9 Å². The van der Waals surface area contributed by atoms with Crippen molar-refractivity contribution < 1.29 is 27.8 Å². The molecule has 9 heteroatoms. The smallest absolute Gasteiger partial charge is 0.416 e. The van der Waals surface area contributed by atoms with Crippen LogP contribution in [-0.4, -0.2) is 58.0 Å². The third-order valence-corrected chi connectivity index (χ3v) is 4.35. The van der Waals surface area contributed by atoms with Gasteiger partial charge in [0.15, 0.2) is 0 Å². The number of likely N-dealkylation sites (tertiary alicyclic amines) is 1. The van der Waals surface area contributed by atoms with Crippen LogP contribution < -0.4 is 4.90 Å². The number of anilines is 1. The van der Waals surface area contributed by atoms with E-state index in [0.717, 1.165) is 18.3 Å². The third kappa shape index (κ3) is 3.37. The molecule has 0 saturated carbocycles. The van der Waals surface area contributed by atoms with Crippen molar-refractivity contribution in [1.29, 1.82) is 0 Å². The SMILES string of the molecule is CC(C)(C)OC(=O)N1C[C@@H]2C(O)[C@H]1CN2c1cc(C(F)(F)F)ccn1. The van der Waals surface area contributed by atoms with E-state index in [1.54, 1.807) is 25.7 Å². The molecule has 3 heterocycles. The number of carbonyl (C=O) groups is 1. The van der Waals surface area contributed by atoms with Crippen LogP contribution in [0.15, 0.2) is 18.3 Å². The Labute approximate surface area is 143 Å². The van der Waals surface area contributed by atoms with Gasteiger partial charge in [-0.3, -0.25) is 4.90 Å². The third-order valence-electron chi connectivity index (χ3n) is 4.35. The lowest BCUT2D eigenvalue weighted by Crippen LogP contribution is -2.50. The van der Waals surface area contributed by atoms with E-state index < -0.39 is 41.6 Å². The minimum Gasteiger partial charge on any atom is -0.444 e. The largest absolute Gasteiger partial charge is 0.444 e. The Kier molecular flexibility index (Phi) is 4.09. The van der Waals surface area contributed by atoms with Crippen molar-refractivity contribution >= 4 is 11.9 Å². The summed E-state index contributed by atoms with van der Waals surface area (Å²) in [4.78, 5) is 19.3. The van der Waals surface area contributed by atoms with Crippen molar-refractivity contribution in [3.8, 4) is 0 Å². The fraction of sp³-hybridized carbons (Fsp3) is 0.625.